The zero-order valence-electron chi connectivity index (χ0n) is 10.2. The predicted molar refractivity (Wildman–Crippen MR) is 62.9 cm³/mol. The molecular formula is C13H20O3. The lowest BCUT2D eigenvalue weighted by Crippen LogP contribution is -2.19. The monoisotopic (exact) mass is 224 g/mol. The van der Waals surface area contributed by atoms with E-state index in [9.17, 15) is 4.79 Å². The van der Waals surface area contributed by atoms with Crippen molar-refractivity contribution in [3.8, 4) is 0 Å². The summed E-state index contributed by atoms with van der Waals surface area (Å²) >= 11 is 0. The zero-order valence-corrected chi connectivity index (χ0v) is 10.2. The van der Waals surface area contributed by atoms with Gasteiger partial charge in [-0.15, -0.1) is 0 Å². The minimum absolute atomic E-state index is 0.119. The van der Waals surface area contributed by atoms with Gasteiger partial charge < -0.3 is 9.47 Å². The Hall–Kier alpha value is -1.25. The van der Waals surface area contributed by atoms with Gasteiger partial charge in [0.15, 0.2) is 0 Å². The Bertz CT molecular complexity index is 290. The third-order valence-electron chi connectivity index (χ3n) is 2.51. The number of carbonyl (C=O) groups excluding carboxylic acids is 1. The summed E-state index contributed by atoms with van der Waals surface area (Å²) in [4.78, 5) is 11.5. The molecule has 1 atom stereocenters. The van der Waals surface area contributed by atoms with Gasteiger partial charge in [-0.05, 0) is 38.3 Å². The van der Waals surface area contributed by atoms with E-state index in [0.29, 0.717) is 5.76 Å². The summed E-state index contributed by atoms with van der Waals surface area (Å²) in [7, 11) is 0. The highest BCUT2D eigenvalue weighted by Gasteiger charge is 2.17. The zero-order chi connectivity index (χ0) is 12.0. The van der Waals surface area contributed by atoms with Crippen LogP contribution in [0.3, 0.4) is 0 Å². The molecule has 0 N–H and O–H groups in total. The summed E-state index contributed by atoms with van der Waals surface area (Å²) in [6, 6.07) is 0. The van der Waals surface area contributed by atoms with Gasteiger partial charge in [0.1, 0.15) is 11.9 Å². The van der Waals surface area contributed by atoms with Crippen LogP contribution in [-0.2, 0) is 9.47 Å². The Balaban J connectivity index is 2.40. The smallest absolute Gasteiger partial charge is 0.426 e. The maximum absolute atomic E-state index is 11.5. The first-order valence-electron chi connectivity index (χ1n) is 5.84. The predicted octanol–water partition coefficient (Wildman–Crippen LogP) is 3.81. The van der Waals surface area contributed by atoms with E-state index in [2.05, 4.69) is 0 Å². The van der Waals surface area contributed by atoms with Crippen molar-refractivity contribution in [1.82, 2.24) is 0 Å². The molecule has 0 radical (unpaired) electrons. The van der Waals surface area contributed by atoms with Crippen LogP contribution in [0.5, 0.6) is 0 Å². The molecule has 1 rings (SSSR count). The number of rotatable bonds is 3. The normalized spacial score (nSPS) is 21.0. The van der Waals surface area contributed by atoms with E-state index in [1.54, 1.807) is 6.08 Å². The lowest BCUT2D eigenvalue weighted by Gasteiger charge is -2.18. The molecule has 0 saturated carbocycles. The lowest BCUT2D eigenvalue weighted by atomic mass is 10.1. The molecule has 0 spiro atoms. The number of carbonyl (C=O) groups is 1. The topological polar surface area (TPSA) is 35.5 Å². The average Bonchev–Trinajstić information content (AvgIpc) is 2.27. The first kappa shape index (κ1) is 12.8. The molecule has 0 saturated heterocycles. The van der Waals surface area contributed by atoms with Gasteiger partial charge in [-0.2, -0.15) is 0 Å². The molecule has 16 heavy (non-hydrogen) atoms. The van der Waals surface area contributed by atoms with Crippen molar-refractivity contribution in [2.75, 3.05) is 0 Å². The van der Waals surface area contributed by atoms with Crippen molar-refractivity contribution in [3.05, 3.63) is 24.0 Å². The highest BCUT2D eigenvalue weighted by molar-refractivity contribution is 5.62. The molecule has 90 valence electrons. The third-order valence-corrected chi connectivity index (χ3v) is 2.51. The van der Waals surface area contributed by atoms with E-state index in [0.717, 1.165) is 19.3 Å². The molecule has 1 unspecified atom stereocenters. The van der Waals surface area contributed by atoms with Gasteiger partial charge >= 0.3 is 6.16 Å². The Kier molecular flexibility index (Phi) is 5.09. The van der Waals surface area contributed by atoms with Crippen LogP contribution in [0, 0.1) is 5.92 Å². The maximum atomic E-state index is 11.5. The standard InChI is InChI=1S/C13H20O3/c1-4-12(10(2)3)16-13(14)15-11-8-6-5-7-9-11/h4,6,8,10-11H,5,7,9H2,1-3H3/b12-4-. The second-order valence-electron chi connectivity index (χ2n) is 4.21. The van der Waals surface area contributed by atoms with Gasteiger partial charge in [-0.3, -0.25) is 0 Å². The third kappa shape index (κ3) is 4.09. The van der Waals surface area contributed by atoms with Crippen LogP contribution in [-0.4, -0.2) is 12.3 Å². The fourth-order valence-electron chi connectivity index (χ4n) is 1.63. The van der Waals surface area contributed by atoms with Crippen LogP contribution in [0.1, 0.15) is 40.0 Å². The summed E-state index contributed by atoms with van der Waals surface area (Å²) in [6.45, 7) is 5.80. The van der Waals surface area contributed by atoms with Crippen LogP contribution in [0.2, 0.25) is 0 Å². The second-order valence-corrected chi connectivity index (χ2v) is 4.21. The molecule has 0 amide bonds. The molecule has 0 aromatic heterocycles. The lowest BCUT2D eigenvalue weighted by molar-refractivity contribution is 0.0474. The van der Waals surface area contributed by atoms with Gasteiger partial charge in [0.05, 0.1) is 0 Å². The summed E-state index contributed by atoms with van der Waals surface area (Å²) in [6.07, 6.45) is 8.07. The van der Waals surface area contributed by atoms with Crippen LogP contribution in [0.25, 0.3) is 0 Å². The summed E-state index contributed by atoms with van der Waals surface area (Å²) in [5, 5.41) is 0. The van der Waals surface area contributed by atoms with E-state index >= 15 is 0 Å². The fraction of sp³-hybridized carbons (Fsp3) is 0.615. The van der Waals surface area contributed by atoms with Crippen molar-refractivity contribution in [1.29, 1.82) is 0 Å². The van der Waals surface area contributed by atoms with E-state index in [4.69, 9.17) is 9.47 Å². The minimum atomic E-state index is -0.599. The van der Waals surface area contributed by atoms with E-state index in [1.165, 1.54) is 0 Å². The Labute approximate surface area is 97.1 Å². The first-order chi connectivity index (χ1) is 7.63. The molecule has 0 bridgehead atoms. The van der Waals surface area contributed by atoms with Crippen molar-refractivity contribution in [2.45, 2.75) is 46.1 Å². The number of hydrogen-bond acceptors (Lipinski definition) is 3. The Morgan fingerprint density at radius 1 is 1.50 bits per heavy atom. The van der Waals surface area contributed by atoms with E-state index in [-0.39, 0.29) is 12.0 Å². The van der Waals surface area contributed by atoms with Crippen LogP contribution in [0.4, 0.5) is 4.79 Å². The quantitative estimate of drug-likeness (QED) is 0.415. The molecule has 3 nitrogen and oxygen atoms in total. The highest BCUT2D eigenvalue weighted by Crippen LogP contribution is 2.16. The molecule has 0 aliphatic heterocycles. The molecule has 0 aromatic rings. The van der Waals surface area contributed by atoms with Crippen molar-refractivity contribution in [3.63, 3.8) is 0 Å². The average molecular weight is 224 g/mol. The van der Waals surface area contributed by atoms with E-state index < -0.39 is 6.16 Å². The van der Waals surface area contributed by atoms with Crippen molar-refractivity contribution in [2.24, 2.45) is 5.92 Å². The molecule has 0 fully saturated rings. The minimum Gasteiger partial charge on any atom is -0.426 e. The van der Waals surface area contributed by atoms with Gasteiger partial charge in [-0.25, -0.2) is 4.79 Å². The largest absolute Gasteiger partial charge is 0.514 e. The van der Waals surface area contributed by atoms with Gasteiger partial charge in [-0.1, -0.05) is 19.9 Å². The summed E-state index contributed by atoms with van der Waals surface area (Å²) < 4.78 is 10.3. The molecule has 1 aliphatic rings. The van der Waals surface area contributed by atoms with Gasteiger partial charge in [0.2, 0.25) is 0 Å². The Morgan fingerprint density at radius 2 is 2.25 bits per heavy atom. The molecule has 3 heteroatoms. The first-order valence-corrected chi connectivity index (χ1v) is 5.84. The number of ether oxygens (including phenoxy) is 2. The molecule has 1 aliphatic carbocycles. The van der Waals surface area contributed by atoms with Crippen LogP contribution < -0.4 is 0 Å². The van der Waals surface area contributed by atoms with Crippen LogP contribution in [0.15, 0.2) is 24.0 Å². The number of allylic oxidation sites excluding steroid dienone is 3. The van der Waals surface area contributed by atoms with Crippen molar-refractivity contribution < 1.29 is 14.3 Å². The van der Waals surface area contributed by atoms with Gasteiger partial charge in [0.25, 0.3) is 0 Å². The highest BCUT2D eigenvalue weighted by atomic mass is 16.7. The summed E-state index contributed by atoms with van der Waals surface area (Å²) in [5.41, 5.74) is 0. The van der Waals surface area contributed by atoms with Gasteiger partial charge in [0, 0.05) is 5.92 Å². The summed E-state index contributed by atoms with van der Waals surface area (Å²) in [5.74, 6) is 0.851. The van der Waals surface area contributed by atoms with Crippen molar-refractivity contribution >= 4 is 6.16 Å². The molecule has 0 aromatic carbocycles. The molecule has 0 heterocycles. The number of hydrogen-bond donors (Lipinski definition) is 0. The maximum Gasteiger partial charge on any atom is 0.514 e. The van der Waals surface area contributed by atoms with Crippen LogP contribution >= 0.6 is 0 Å². The van der Waals surface area contributed by atoms with E-state index in [1.807, 2.05) is 32.9 Å². The molecular weight excluding hydrogens is 204 g/mol. The second kappa shape index (κ2) is 6.36. The fourth-order valence-corrected chi connectivity index (χ4v) is 1.63. The SMILES string of the molecule is C/C=C(\OC(=O)OC1C=CCCC1)C(C)C. The Morgan fingerprint density at radius 3 is 2.75 bits per heavy atom.